The SMILES string of the molecule is Cc1ccccc1C(C(=O)NC(C)(C)C)N(C)C(=O)C(Cc1ccccc1)NC(=O)OC(C)(C)C. The summed E-state index contributed by atoms with van der Waals surface area (Å²) in [6, 6.07) is 15.1. The van der Waals surface area contributed by atoms with Crippen molar-refractivity contribution < 1.29 is 19.1 Å². The van der Waals surface area contributed by atoms with E-state index in [4.69, 9.17) is 4.74 Å². The highest BCUT2D eigenvalue weighted by Crippen LogP contribution is 2.25. The standard InChI is InChI=1S/C28H39N3O4/c1-19-14-12-13-17-21(19)23(24(32)30-27(2,3)4)31(8)25(33)22(18-20-15-10-9-11-16-20)29-26(34)35-28(5,6)7/h9-17,22-23H,18H2,1-8H3,(H,29,34)(H,30,32). The zero-order valence-corrected chi connectivity index (χ0v) is 22.1. The second kappa shape index (κ2) is 11.4. The number of nitrogens with one attached hydrogen (secondary N) is 2. The summed E-state index contributed by atoms with van der Waals surface area (Å²) in [6.07, 6.45) is -0.434. The van der Waals surface area contributed by atoms with Crippen LogP contribution in [0.15, 0.2) is 54.6 Å². The molecule has 7 heteroatoms. The Morgan fingerprint density at radius 1 is 0.914 bits per heavy atom. The molecular weight excluding hydrogens is 442 g/mol. The zero-order chi connectivity index (χ0) is 26.4. The van der Waals surface area contributed by atoms with Crippen molar-refractivity contribution >= 4 is 17.9 Å². The van der Waals surface area contributed by atoms with Gasteiger partial charge in [0, 0.05) is 19.0 Å². The Morgan fingerprint density at radius 2 is 1.49 bits per heavy atom. The zero-order valence-electron chi connectivity index (χ0n) is 22.1. The number of hydrogen-bond acceptors (Lipinski definition) is 4. The maximum absolute atomic E-state index is 13.8. The lowest BCUT2D eigenvalue weighted by Gasteiger charge is -2.34. The number of likely N-dealkylation sites (N-methyl/N-ethyl adjacent to an activating group) is 1. The molecule has 2 aromatic carbocycles. The van der Waals surface area contributed by atoms with Crippen molar-refractivity contribution in [2.75, 3.05) is 7.05 Å². The lowest BCUT2D eigenvalue weighted by Crippen LogP contribution is -2.54. The number of rotatable bonds is 7. The first-order valence-corrected chi connectivity index (χ1v) is 11.9. The number of aryl methyl sites for hydroxylation is 1. The number of ether oxygens (including phenoxy) is 1. The quantitative estimate of drug-likeness (QED) is 0.608. The molecule has 0 aromatic heterocycles. The summed E-state index contributed by atoms with van der Waals surface area (Å²) >= 11 is 0. The molecule has 190 valence electrons. The number of nitrogens with zero attached hydrogens (tertiary/aromatic N) is 1. The molecule has 0 saturated heterocycles. The minimum Gasteiger partial charge on any atom is -0.444 e. The molecule has 0 aliphatic carbocycles. The number of carbonyl (C=O) groups excluding carboxylic acids is 3. The van der Waals surface area contributed by atoms with Gasteiger partial charge in [0.05, 0.1) is 0 Å². The first-order chi connectivity index (χ1) is 16.2. The van der Waals surface area contributed by atoms with Crippen LogP contribution < -0.4 is 10.6 Å². The molecule has 2 N–H and O–H groups in total. The van der Waals surface area contributed by atoms with Gasteiger partial charge in [-0.3, -0.25) is 9.59 Å². The van der Waals surface area contributed by atoms with E-state index in [9.17, 15) is 14.4 Å². The van der Waals surface area contributed by atoms with E-state index in [1.807, 2.05) is 82.3 Å². The van der Waals surface area contributed by atoms with Crippen molar-refractivity contribution in [1.29, 1.82) is 0 Å². The van der Waals surface area contributed by atoms with Gasteiger partial charge in [0.1, 0.15) is 17.7 Å². The fourth-order valence-electron chi connectivity index (χ4n) is 3.73. The van der Waals surface area contributed by atoms with Crippen LogP contribution in [0.3, 0.4) is 0 Å². The molecule has 2 aromatic rings. The summed E-state index contributed by atoms with van der Waals surface area (Å²) < 4.78 is 5.41. The van der Waals surface area contributed by atoms with Gasteiger partial charge in [-0.1, -0.05) is 54.6 Å². The van der Waals surface area contributed by atoms with E-state index >= 15 is 0 Å². The lowest BCUT2D eigenvalue weighted by molar-refractivity contribution is -0.141. The Morgan fingerprint density at radius 3 is 2.03 bits per heavy atom. The first-order valence-electron chi connectivity index (χ1n) is 11.9. The maximum atomic E-state index is 13.8. The van der Waals surface area contributed by atoms with Crippen LogP contribution in [0.1, 0.15) is 64.3 Å². The summed E-state index contributed by atoms with van der Waals surface area (Å²) in [5.41, 5.74) is 1.29. The van der Waals surface area contributed by atoms with Crippen LogP contribution >= 0.6 is 0 Å². The van der Waals surface area contributed by atoms with E-state index in [0.29, 0.717) is 0 Å². The molecule has 2 rings (SSSR count). The van der Waals surface area contributed by atoms with Gasteiger partial charge < -0.3 is 20.3 Å². The van der Waals surface area contributed by atoms with Gasteiger partial charge in [0.25, 0.3) is 0 Å². The molecule has 0 radical (unpaired) electrons. The normalized spacial score (nSPS) is 13.4. The maximum Gasteiger partial charge on any atom is 0.408 e. The summed E-state index contributed by atoms with van der Waals surface area (Å²) in [6.45, 7) is 12.9. The van der Waals surface area contributed by atoms with Crippen molar-refractivity contribution in [3.8, 4) is 0 Å². The number of alkyl carbamates (subject to hydrolysis) is 1. The molecule has 2 unspecified atom stereocenters. The van der Waals surface area contributed by atoms with Gasteiger partial charge in [-0.2, -0.15) is 0 Å². The predicted octanol–water partition coefficient (Wildman–Crippen LogP) is 4.55. The average Bonchev–Trinajstić information content (AvgIpc) is 2.72. The minimum absolute atomic E-state index is 0.255. The number of amides is 3. The van der Waals surface area contributed by atoms with E-state index in [-0.39, 0.29) is 12.3 Å². The van der Waals surface area contributed by atoms with Gasteiger partial charge in [-0.15, -0.1) is 0 Å². The Kier molecular flexibility index (Phi) is 9.07. The van der Waals surface area contributed by atoms with Crippen LogP contribution in [0.2, 0.25) is 0 Å². The van der Waals surface area contributed by atoms with Crippen LogP contribution in [0.5, 0.6) is 0 Å². The van der Waals surface area contributed by atoms with Gasteiger partial charge in [0.2, 0.25) is 11.8 Å². The van der Waals surface area contributed by atoms with Gasteiger partial charge >= 0.3 is 6.09 Å². The molecule has 0 heterocycles. The Hall–Kier alpha value is -3.35. The van der Waals surface area contributed by atoms with E-state index in [1.54, 1.807) is 27.8 Å². The number of carbonyl (C=O) groups is 3. The van der Waals surface area contributed by atoms with Gasteiger partial charge in [0.15, 0.2) is 0 Å². The minimum atomic E-state index is -0.925. The van der Waals surface area contributed by atoms with Gasteiger partial charge in [-0.05, 0) is 65.2 Å². The molecule has 3 amide bonds. The molecule has 0 aliphatic rings. The summed E-state index contributed by atoms with van der Waals surface area (Å²) in [5.74, 6) is -0.685. The molecule has 0 saturated carbocycles. The number of benzene rings is 2. The van der Waals surface area contributed by atoms with Crippen molar-refractivity contribution in [3.63, 3.8) is 0 Å². The molecule has 0 fully saturated rings. The topological polar surface area (TPSA) is 87.7 Å². The third kappa shape index (κ3) is 8.74. The predicted molar refractivity (Wildman–Crippen MR) is 138 cm³/mol. The Balaban J connectivity index is 2.43. The van der Waals surface area contributed by atoms with Crippen LogP contribution in [-0.2, 0) is 20.7 Å². The molecule has 0 aliphatic heterocycles. The molecule has 35 heavy (non-hydrogen) atoms. The van der Waals surface area contributed by atoms with Crippen LogP contribution in [0, 0.1) is 6.92 Å². The fraction of sp³-hybridized carbons (Fsp3) is 0.464. The highest BCUT2D eigenvalue weighted by atomic mass is 16.6. The summed E-state index contributed by atoms with van der Waals surface area (Å²) in [5, 5.41) is 5.72. The largest absolute Gasteiger partial charge is 0.444 e. The highest BCUT2D eigenvalue weighted by Gasteiger charge is 2.35. The average molecular weight is 482 g/mol. The first kappa shape index (κ1) is 27.9. The van der Waals surface area contributed by atoms with E-state index in [2.05, 4.69) is 10.6 Å². The molecule has 0 spiro atoms. The van der Waals surface area contributed by atoms with Crippen molar-refractivity contribution in [1.82, 2.24) is 15.5 Å². The third-order valence-corrected chi connectivity index (χ3v) is 5.24. The second-order valence-corrected chi connectivity index (χ2v) is 10.8. The van der Waals surface area contributed by atoms with E-state index in [0.717, 1.165) is 16.7 Å². The Bertz CT molecular complexity index is 1020. The van der Waals surface area contributed by atoms with Crippen LogP contribution in [-0.4, -0.2) is 47.0 Å². The smallest absolute Gasteiger partial charge is 0.408 e. The molecule has 7 nitrogen and oxygen atoms in total. The molecule has 0 bridgehead atoms. The fourth-order valence-corrected chi connectivity index (χ4v) is 3.73. The molecular formula is C28H39N3O4. The van der Waals surface area contributed by atoms with E-state index < -0.39 is 35.2 Å². The van der Waals surface area contributed by atoms with Crippen molar-refractivity contribution in [2.24, 2.45) is 0 Å². The van der Waals surface area contributed by atoms with E-state index in [1.165, 1.54) is 4.90 Å². The lowest BCUT2D eigenvalue weighted by atomic mass is 9.96. The van der Waals surface area contributed by atoms with Crippen molar-refractivity contribution in [2.45, 2.75) is 78.1 Å². The van der Waals surface area contributed by atoms with Crippen molar-refractivity contribution in [3.05, 3.63) is 71.3 Å². The third-order valence-electron chi connectivity index (χ3n) is 5.24. The molecule has 2 atom stereocenters. The highest BCUT2D eigenvalue weighted by molar-refractivity contribution is 5.92. The van der Waals surface area contributed by atoms with Crippen LogP contribution in [0.4, 0.5) is 4.79 Å². The second-order valence-electron chi connectivity index (χ2n) is 10.8. The summed E-state index contributed by atoms with van der Waals surface area (Å²) in [4.78, 5) is 41.3. The number of hydrogen-bond donors (Lipinski definition) is 2. The summed E-state index contributed by atoms with van der Waals surface area (Å²) in [7, 11) is 1.59. The monoisotopic (exact) mass is 481 g/mol. The van der Waals surface area contributed by atoms with Gasteiger partial charge in [-0.25, -0.2) is 4.79 Å². The Labute approximate surface area is 209 Å². The van der Waals surface area contributed by atoms with Crippen LogP contribution in [0.25, 0.3) is 0 Å².